The largest absolute Gasteiger partial charge is 0.360 e. The van der Waals surface area contributed by atoms with E-state index in [1.807, 2.05) is 0 Å². The van der Waals surface area contributed by atoms with Crippen molar-refractivity contribution in [2.75, 3.05) is 5.32 Å². The summed E-state index contributed by atoms with van der Waals surface area (Å²) in [6.45, 7) is 0.175. The van der Waals surface area contributed by atoms with E-state index in [0.717, 1.165) is 6.20 Å². The monoisotopic (exact) mass is 316 g/mol. The van der Waals surface area contributed by atoms with Gasteiger partial charge in [0, 0.05) is 6.54 Å². The average Bonchev–Trinajstić information content (AvgIpc) is 2.40. The Bertz CT molecular complexity index is 669. The lowest BCUT2D eigenvalue weighted by atomic mass is 10.2. The van der Waals surface area contributed by atoms with Gasteiger partial charge in [0.25, 0.3) is 0 Å². The van der Waals surface area contributed by atoms with E-state index in [1.165, 1.54) is 18.2 Å². The Hall–Kier alpha value is -1.99. The van der Waals surface area contributed by atoms with E-state index in [2.05, 4.69) is 15.3 Å². The molecule has 0 aliphatic carbocycles. The molecule has 0 radical (unpaired) electrons. The van der Waals surface area contributed by atoms with Crippen molar-refractivity contribution in [1.82, 2.24) is 9.97 Å². The maximum atomic E-state index is 13.0. The predicted octanol–water partition coefficient (Wildman–Crippen LogP) is 3.44. The van der Waals surface area contributed by atoms with Gasteiger partial charge in [0.2, 0.25) is 11.1 Å². The second-order valence-electron chi connectivity index (χ2n) is 3.73. The molecule has 0 amide bonds. The van der Waals surface area contributed by atoms with Gasteiger partial charge < -0.3 is 5.32 Å². The smallest absolute Gasteiger partial charge is 0.329 e. The van der Waals surface area contributed by atoms with E-state index in [9.17, 15) is 14.5 Å². The standard InChI is InChI=1S/C11H7Cl2FN4O2/c12-7-3-6(1-2-8(7)14)4-15-10-9(18(19)20)5-16-11(13)17-10/h1-3,5H,4H2,(H,15,16,17). The molecule has 0 aliphatic rings. The summed E-state index contributed by atoms with van der Waals surface area (Å²) in [5.74, 6) is -0.554. The number of rotatable bonds is 4. The molecular weight excluding hydrogens is 310 g/mol. The fraction of sp³-hybridized carbons (Fsp3) is 0.0909. The van der Waals surface area contributed by atoms with Crippen LogP contribution in [-0.2, 0) is 6.54 Å². The molecule has 2 rings (SSSR count). The molecule has 0 spiro atoms. The van der Waals surface area contributed by atoms with Crippen LogP contribution in [0.4, 0.5) is 15.9 Å². The van der Waals surface area contributed by atoms with Crippen molar-refractivity contribution in [3.63, 3.8) is 0 Å². The third-order valence-electron chi connectivity index (χ3n) is 2.38. The first-order valence-corrected chi connectivity index (χ1v) is 6.07. The lowest BCUT2D eigenvalue weighted by Crippen LogP contribution is -2.05. The highest BCUT2D eigenvalue weighted by Gasteiger charge is 2.16. The average molecular weight is 317 g/mol. The van der Waals surface area contributed by atoms with Crippen LogP contribution in [0.15, 0.2) is 24.4 Å². The number of nitro groups is 1. The van der Waals surface area contributed by atoms with Gasteiger partial charge >= 0.3 is 5.69 Å². The minimum Gasteiger partial charge on any atom is -0.360 e. The van der Waals surface area contributed by atoms with Gasteiger partial charge in [-0.15, -0.1) is 0 Å². The first-order chi connectivity index (χ1) is 9.47. The zero-order valence-corrected chi connectivity index (χ0v) is 11.3. The minimum atomic E-state index is -0.629. The fourth-order valence-corrected chi connectivity index (χ4v) is 1.79. The van der Waals surface area contributed by atoms with Crippen molar-refractivity contribution < 1.29 is 9.31 Å². The molecular formula is C11H7Cl2FN4O2. The molecule has 1 heterocycles. The van der Waals surface area contributed by atoms with Crippen LogP contribution in [0.5, 0.6) is 0 Å². The highest BCUT2D eigenvalue weighted by molar-refractivity contribution is 6.30. The van der Waals surface area contributed by atoms with E-state index in [4.69, 9.17) is 23.2 Å². The number of hydrogen-bond acceptors (Lipinski definition) is 5. The Balaban J connectivity index is 2.20. The Labute approximate surface area is 122 Å². The molecule has 20 heavy (non-hydrogen) atoms. The summed E-state index contributed by atoms with van der Waals surface area (Å²) < 4.78 is 13.0. The number of aromatic nitrogens is 2. The van der Waals surface area contributed by atoms with Crippen LogP contribution in [0, 0.1) is 15.9 Å². The highest BCUT2D eigenvalue weighted by Crippen LogP contribution is 2.23. The lowest BCUT2D eigenvalue weighted by molar-refractivity contribution is -0.384. The van der Waals surface area contributed by atoms with Gasteiger partial charge in [0.05, 0.1) is 9.95 Å². The van der Waals surface area contributed by atoms with E-state index in [1.54, 1.807) is 0 Å². The molecule has 1 aromatic carbocycles. The molecule has 0 aliphatic heterocycles. The second-order valence-corrected chi connectivity index (χ2v) is 4.48. The van der Waals surface area contributed by atoms with Gasteiger partial charge in [-0.05, 0) is 29.3 Å². The van der Waals surface area contributed by atoms with Crippen molar-refractivity contribution in [1.29, 1.82) is 0 Å². The molecule has 0 saturated carbocycles. The second kappa shape index (κ2) is 5.98. The zero-order chi connectivity index (χ0) is 14.7. The van der Waals surface area contributed by atoms with Crippen LogP contribution in [0.2, 0.25) is 10.3 Å². The van der Waals surface area contributed by atoms with Gasteiger partial charge in [-0.1, -0.05) is 17.7 Å². The lowest BCUT2D eigenvalue weighted by Gasteiger charge is -2.07. The Morgan fingerprint density at radius 2 is 2.15 bits per heavy atom. The molecule has 6 nitrogen and oxygen atoms in total. The van der Waals surface area contributed by atoms with Crippen LogP contribution in [0.3, 0.4) is 0 Å². The maximum absolute atomic E-state index is 13.0. The summed E-state index contributed by atoms with van der Waals surface area (Å²) in [6, 6.07) is 4.13. The zero-order valence-electron chi connectivity index (χ0n) is 9.81. The third-order valence-corrected chi connectivity index (χ3v) is 2.85. The molecule has 0 unspecified atom stereocenters. The SMILES string of the molecule is O=[N+]([O-])c1cnc(Cl)nc1NCc1ccc(F)c(Cl)c1. The van der Waals surface area contributed by atoms with Gasteiger partial charge in [0.15, 0.2) is 0 Å². The molecule has 104 valence electrons. The van der Waals surface area contributed by atoms with E-state index < -0.39 is 10.7 Å². The fourth-order valence-electron chi connectivity index (χ4n) is 1.45. The van der Waals surface area contributed by atoms with Crippen molar-refractivity contribution in [2.24, 2.45) is 0 Å². The van der Waals surface area contributed by atoms with Gasteiger partial charge in [-0.25, -0.2) is 9.37 Å². The summed E-state index contributed by atoms with van der Waals surface area (Å²) in [7, 11) is 0. The number of benzene rings is 1. The molecule has 0 bridgehead atoms. The van der Waals surface area contributed by atoms with Crippen molar-refractivity contribution >= 4 is 34.7 Å². The van der Waals surface area contributed by atoms with E-state index >= 15 is 0 Å². The topological polar surface area (TPSA) is 81.0 Å². The van der Waals surface area contributed by atoms with Crippen LogP contribution < -0.4 is 5.32 Å². The van der Waals surface area contributed by atoms with Crippen LogP contribution >= 0.6 is 23.2 Å². The quantitative estimate of drug-likeness (QED) is 0.531. The maximum Gasteiger partial charge on any atom is 0.329 e. The predicted molar refractivity (Wildman–Crippen MR) is 72.4 cm³/mol. The molecule has 1 aromatic heterocycles. The number of nitrogens with one attached hydrogen (secondary N) is 1. The van der Waals surface area contributed by atoms with Crippen molar-refractivity contribution in [2.45, 2.75) is 6.54 Å². The van der Waals surface area contributed by atoms with Crippen molar-refractivity contribution in [3.05, 3.63) is 56.2 Å². The first kappa shape index (κ1) is 14.4. The summed E-state index contributed by atoms with van der Waals surface area (Å²) in [4.78, 5) is 17.5. The minimum absolute atomic E-state index is 0.0181. The first-order valence-electron chi connectivity index (χ1n) is 5.32. The summed E-state index contributed by atoms with van der Waals surface area (Å²) in [5.41, 5.74) is 0.336. The summed E-state index contributed by atoms with van der Waals surface area (Å²) in [6.07, 6.45) is 1.01. The number of hydrogen-bond donors (Lipinski definition) is 1. The molecule has 9 heteroatoms. The van der Waals surface area contributed by atoms with Crippen LogP contribution in [0.25, 0.3) is 0 Å². The Morgan fingerprint density at radius 1 is 1.40 bits per heavy atom. The molecule has 0 fully saturated rings. The Kier molecular flexibility index (Phi) is 4.31. The van der Waals surface area contributed by atoms with E-state index in [-0.39, 0.29) is 28.4 Å². The van der Waals surface area contributed by atoms with Gasteiger partial charge in [-0.2, -0.15) is 4.98 Å². The third kappa shape index (κ3) is 3.31. The molecule has 0 atom stereocenters. The molecule has 1 N–H and O–H groups in total. The van der Waals surface area contributed by atoms with E-state index in [0.29, 0.717) is 5.56 Å². The van der Waals surface area contributed by atoms with Crippen LogP contribution in [-0.4, -0.2) is 14.9 Å². The van der Waals surface area contributed by atoms with Crippen molar-refractivity contribution in [3.8, 4) is 0 Å². The molecule has 0 saturated heterocycles. The Morgan fingerprint density at radius 3 is 2.80 bits per heavy atom. The summed E-state index contributed by atoms with van der Waals surface area (Å²) in [5, 5.41) is 13.4. The number of anilines is 1. The highest BCUT2D eigenvalue weighted by atomic mass is 35.5. The summed E-state index contributed by atoms with van der Waals surface area (Å²) >= 11 is 11.2. The van der Waals surface area contributed by atoms with Crippen LogP contribution in [0.1, 0.15) is 5.56 Å². The van der Waals surface area contributed by atoms with Gasteiger partial charge in [0.1, 0.15) is 12.0 Å². The number of nitrogens with zero attached hydrogens (tertiary/aromatic N) is 3. The van der Waals surface area contributed by atoms with Gasteiger partial charge in [-0.3, -0.25) is 10.1 Å². The normalized spacial score (nSPS) is 10.3. The molecule has 2 aromatic rings. The number of halogens is 3.